The number of nitrogens with one attached hydrogen (secondary N) is 2. The van der Waals surface area contributed by atoms with Crippen LogP contribution in [0.2, 0.25) is 5.15 Å². The molecule has 0 spiro atoms. The SMILES string of the molecule is Cc1ccc(Nc2ncnc(Nc3cccnc3Cl)c2N)nc1. The largest absolute Gasteiger partial charge is 0.393 e. The van der Waals surface area contributed by atoms with Crippen molar-refractivity contribution >= 4 is 40.4 Å². The van der Waals surface area contributed by atoms with E-state index < -0.39 is 0 Å². The lowest BCUT2D eigenvalue weighted by molar-refractivity contribution is 1.16. The molecule has 0 unspecified atom stereocenters. The Bertz CT molecular complexity index is 820. The van der Waals surface area contributed by atoms with Crippen LogP contribution in [0.25, 0.3) is 0 Å². The lowest BCUT2D eigenvalue weighted by atomic mass is 10.3. The molecule has 0 saturated heterocycles. The minimum absolute atomic E-state index is 0.334. The lowest BCUT2D eigenvalue weighted by Gasteiger charge is -2.12. The number of hydrogen-bond donors (Lipinski definition) is 3. The molecular weight excluding hydrogens is 314 g/mol. The van der Waals surface area contributed by atoms with Crippen molar-refractivity contribution in [3.63, 3.8) is 0 Å². The Morgan fingerprint density at radius 3 is 2.48 bits per heavy atom. The number of nitrogen functional groups attached to an aromatic ring is 1. The number of nitrogens with two attached hydrogens (primary N) is 1. The molecule has 0 aromatic carbocycles. The highest BCUT2D eigenvalue weighted by Crippen LogP contribution is 2.29. The molecule has 0 amide bonds. The molecule has 3 aromatic heterocycles. The number of halogens is 1. The number of aryl methyl sites for hydroxylation is 1. The van der Waals surface area contributed by atoms with E-state index in [2.05, 4.69) is 30.6 Å². The van der Waals surface area contributed by atoms with Gasteiger partial charge >= 0.3 is 0 Å². The summed E-state index contributed by atoms with van der Waals surface area (Å²) < 4.78 is 0. The van der Waals surface area contributed by atoms with Gasteiger partial charge < -0.3 is 16.4 Å². The summed E-state index contributed by atoms with van der Waals surface area (Å²) in [5.74, 6) is 1.54. The van der Waals surface area contributed by atoms with Crippen LogP contribution < -0.4 is 16.4 Å². The summed E-state index contributed by atoms with van der Waals surface area (Å²) in [5.41, 5.74) is 8.15. The molecule has 0 atom stereocenters. The first-order valence-corrected chi connectivity index (χ1v) is 7.19. The standard InChI is InChI=1S/C15H14ClN7/c1-9-4-5-11(19-7-9)23-15-12(17)14(20-8-21-15)22-10-3-2-6-18-13(10)16/h2-8H,17H2,1H3,(H2,19,20,21,22,23). The van der Waals surface area contributed by atoms with E-state index in [1.165, 1.54) is 6.33 Å². The molecule has 0 aliphatic rings. The molecular formula is C15H14ClN7. The highest BCUT2D eigenvalue weighted by molar-refractivity contribution is 6.32. The normalized spacial score (nSPS) is 10.3. The summed E-state index contributed by atoms with van der Waals surface area (Å²) in [7, 11) is 0. The fourth-order valence-corrected chi connectivity index (χ4v) is 2.03. The summed E-state index contributed by atoms with van der Waals surface area (Å²) >= 11 is 6.03. The molecule has 23 heavy (non-hydrogen) atoms. The molecule has 0 radical (unpaired) electrons. The summed E-state index contributed by atoms with van der Waals surface area (Å²) in [6.07, 6.45) is 4.76. The van der Waals surface area contributed by atoms with Crippen molar-refractivity contribution in [3.8, 4) is 0 Å². The van der Waals surface area contributed by atoms with Crippen LogP contribution >= 0.6 is 11.6 Å². The fraction of sp³-hybridized carbons (Fsp3) is 0.0667. The topological polar surface area (TPSA) is 102 Å². The van der Waals surface area contributed by atoms with Crippen LogP contribution in [0, 0.1) is 6.92 Å². The Hall–Kier alpha value is -2.93. The highest BCUT2D eigenvalue weighted by atomic mass is 35.5. The van der Waals surface area contributed by atoms with E-state index >= 15 is 0 Å². The summed E-state index contributed by atoms with van der Waals surface area (Å²) in [5, 5.41) is 6.44. The van der Waals surface area contributed by atoms with Crippen molar-refractivity contribution < 1.29 is 0 Å². The number of hydrogen-bond acceptors (Lipinski definition) is 7. The Morgan fingerprint density at radius 2 is 1.78 bits per heavy atom. The first-order chi connectivity index (χ1) is 11.1. The molecule has 0 aliphatic carbocycles. The predicted molar refractivity (Wildman–Crippen MR) is 91.2 cm³/mol. The monoisotopic (exact) mass is 327 g/mol. The molecule has 0 fully saturated rings. The van der Waals surface area contributed by atoms with E-state index in [1.54, 1.807) is 24.5 Å². The third-order valence-electron chi connectivity index (χ3n) is 3.05. The average Bonchev–Trinajstić information content (AvgIpc) is 2.55. The summed E-state index contributed by atoms with van der Waals surface area (Å²) in [6, 6.07) is 7.34. The van der Waals surface area contributed by atoms with Crippen LogP contribution in [-0.2, 0) is 0 Å². The van der Waals surface area contributed by atoms with E-state index in [9.17, 15) is 0 Å². The Kier molecular flexibility index (Phi) is 4.20. The number of nitrogens with zero attached hydrogens (tertiary/aromatic N) is 4. The molecule has 0 bridgehead atoms. The Balaban J connectivity index is 1.86. The minimum Gasteiger partial charge on any atom is -0.393 e. The van der Waals surface area contributed by atoms with Gasteiger partial charge in [0.2, 0.25) is 0 Å². The van der Waals surface area contributed by atoms with E-state index in [0.29, 0.717) is 34.0 Å². The van der Waals surface area contributed by atoms with Gasteiger partial charge in [0, 0.05) is 12.4 Å². The van der Waals surface area contributed by atoms with Gasteiger partial charge in [0.05, 0.1) is 5.69 Å². The third kappa shape index (κ3) is 3.46. The van der Waals surface area contributed by atoms with Crippen LogP contribution in [-0.4, -0.2) is 19.9 Å². The van der Waals surface area contributed by atoms with Crippen LogP contribution in [0.3, 0.4) is 0 Å². The molecule has 3 aromatic rings. The zero-order valence-electron chi connectivity index (χ0n) is 12.3. The first kappa shape index (κ1) is 15.0. The molecule has 3 heterocycles. The van der Waals surface area contributed by atoms with Crippen molar-refractivity contribution in [1.29, 1.82) is 0 Å². The van der Waals surface area contributed by atoms with Gasteiger partial charge in [0.15, 0.2) is 16.8 Å². The van der Waals surface area contributed by atoms with Crippen molar-refractivity contribution in [3.05, 3.63) is 53.7 Å². The fourth-order valence-electron chi connectivity index (χ4n) is 1.86. The highest BCUT2D eigenvalue weighted by Gasteiger charge is 2.10. The van der Waals surface area contributed by atoms with Crippen molar-refractivity contribution in [1.82, 2.24) is 19.9 Å². The quantitative estimate of drug-likeness (QED) is 0.632. The van der Waals surface area contributed by atoms with Crippen LogP contribution in [0.4, 0.5) is 28.8 Å². The number of aromatic nitrogens is 4. The van der Waals surface area contributed by atoms with Gasteiger partial charge in [-0.3, -0.25) is 0 Å². The van der Waals surface area contributed by atoms with E-state index in [1.807, 2.05) is 19.1 Å². The molecule has 4 N–H and O–H groups in total. The van der Waals surface area contributed by atoms with Crippen molar-refractivity contribution in [2.75, 3.05) is 16.4 Å². The van der Waals surface area contributed by atoms with Crippen molar-refractivity contribution in [2.45, 2.75) is 6.92 Å². The Morgan fingerprint density at radius 1 is 1.00 bits per heavy atom. The van der Waals surface area contributed by atoms with Gasteiger partial charge in [-0.05, 0) is 30.7 Å². The van der Waals surface area contributed by atoms with Gasteiger partial charge in [-0.1, -0.05) is 17.7 Å². The maximum atomic E-state index is 6.12. The first-order valence-electron chi connectivity index (χ1n) is 6.81. The predicted octanol–water partition coefficient (Wildman–Crippen LogP) is 3.30. The molecule has 116 valence electrons. The molecule has 0 aliphatic heterocycles. The number of anilines is 5. The lowest BCUT2D eigenvalue weighted by Crippen LogP contribution is -2.06. The zero-order chi connectivity index (χ0) is 16.2. The Labute approximate surface area is 138 Å². The average molecular weight is 328 g/mol. The second kappa shape index (κ2) is 6.45. The van der Waals surface area contributed by atoms with Crippen LogP contribution in [0.15, 0.2) is 43.0 Å². The third-order valence-corrected chi connectivity index (χ3v) is 3.36. The molecule has 7 nitrogen and oxygen atoms in total. The van der Waals surface area contributed by atoms with E-state index in [0.717, 1.165) is 5.56 Å². The molecule has 0 saturated carbocycles. The van der Waals surface area contributed by atoms with Gasteiger partial charge in [0.25, 0.3) is 0 Å². The van der Waals surface area contributed by atoms with E-state index in [4.69, 9.17) is 17.3 Å². The maximum Gasteiger partial charge on any atom is 0.160 e. The second-order valence-electron chi connectivity index (χ2n) is 4.80. The smallest absolute Gasteiger partial charge is 0.160 e. The molecule has 3 rings (SSSR count). The summed E-state index contributed by atoms with van der Waals surface area (Å²) in [4.78, 5) is 16.5. The summed E-state index contributed by atoms with van der Waals surface area (Å²) in [6.45, 7) is 1.97. The van der Waals surface area contributed by atoms with Gasteiger partial charge in [0.1, 0.15) is 17.8 Å². The van der Waals surface area contributed by atoms with Crippen LogP contribution in [0.5, 0.6) is 0 Å². The van der Waals surface area contributed by atoms with E-state index in [-0.39, 0.29) is 0 Å². The maximum absolute atomic E-state index is 6.12. The number of rotatable bonds is 4. The van der Waals surface area contributed by atoms with Crippen molar-refractivity contribution in [2.24, 2.45) is 0 Å². The number of pyridine rings is 2. The zero-order valence-corrected chi connectivity index (χ0v) is 13.0. The second-order valence-corrected chi connectivity index (χ2v) is 5.16. The van der Waals surface area contributed by atoms with Gasteiger partial charge in [-0.2, -0.15) is 0 Å². The van der Waals surface area contributed by atoms with Gasteiger partial charge in [-0.25, -0.2) is 19.9 Å². The molecule has 8 heteroatoms. The van der Waals surface area contributed by atoms with Gasteiger partial charge in [-0.15, -0.1) is 0 Å². The van der Waals surface area contributed by atoms with Crippen LogP contribution in [0.1, 0.15) is 5.56 Å². The minimum atomic E-state index is 0.334.